The molecule has 0 aliphatic carbocycles. The Labute approximate surface area is 262 Å². The van der Waals surface area contributed by atoms with Crippen LogP contribution < -0.4 is 10.6 Å². The van der Waals surface area contributed by atoms with Crippen LogP contribution in [0.2, 0.25) is 0 Å². The van der Waals surface area contributed by atoms with Crippen molar-refractivity contribution >= 4 is 76.6 Å². The molecule has 0 unspecified atom stereocenters. The number of unbranched alkanes of at least 4 members (excludes halogenated alkanes) is 13. The van der Waals surface area contributed by atoms with E-state index in [1.807, 2.05) is 43.2 Å². The zero-order valence-electron chi connectivity index (χ0n) is 23.1. The fraction of sp³-hybridized carbons (Fsp3) is 0.880. The molecular formula is C25H44N6O3S6. The summed E-state index contributed by atoms with van der Waals surface area (Å²) < 4.78 is 0.314. The number of carbonyl (C=O) groups excluding carboxylic acids is 1. The van der Waals surface area contributed by atoms with Gasteiger partial charge in [0.15, 0.2) is 8.57 Å². The number of rotatable bonds is 24. The van der Waals surface area contributed by atoms with E-state index in [4.69, 9.17) is 0 Å². The smallest absolute Gasteiger partial charge is 0.320 e. The average Bonchev–Trinajstić information content (AvgIpc) is 3.49. The Morgan fingerprint density at radius 2 is 1.43 bits per heavy atom. The van der Waals surface area contributed by atoms with Gasteiger partial charge in [-0.15, -0.1) is 10.2 Å². The summed E-state index contributed by atoms with van der Waals surface area (Å²) in [6, 6.07) is -0.541. The van der Waals surface area contributed by atoms with Gasteiger partial charge in [-0.05, 0) is 75.3 Å². The van der Waals surface area contributed by atoms with Gasteiger partial charge >= 0.3 is 5.97 Å². The zero-order chi connectivity index (χ0) is 28.3. The Bertz CT molecular complexity index is 826. The third-order valence-electron chi connectivity index (χ3n) is 6.77. The van der Waals surface area contributed by atoms with Crippen LogP contribution in [0.15, 0.2) is 0 Å². The molecule has 1 amide bonds. The van der Waals surface area contributed by atoms with Gasteiger partial charge in [-0.1, -0.05) is 97.4 Å². The number of H-pyrrole nitrogens is 1. The molecule has 0 radical (unpaired) electrons. The van der Waals surface area contributed by atoms with Crippen molar-refractivity contribution in [2.45, 2.75) is 129 Å². The molecule has 40 heavy (non-hydrogen) atoms. The summed E-state index contributed by atoms with van der Waals surface area (Å²) in [4.78, 5) is 23.7. The van der Waals surface area contributed by atoms with E-state index >= 15 is 0 Å². The lowest BCUT2D eigenvalue weighted by atomic mass is 10.0. The molecule has 2 aliphatic rings. The quantitative estimate of drug-likeness (QED) is 0.0490. The van der Waals surface area contributed by atoms with Crippen molar-refractivity contribution in [3.63, 3.8) is 0 Å². The molecule has 0 aromatic carbocycles. The number of aryl methyl sites for hydroxylation is 1. The lowest BCUT2D eigenvalue weighted by molar-refractivity contribution is -0.139. The molecular weight excluding hydrogens is 625 g/mol. The van der Waals surface area contributed by atoms with Crippen LogP contribution in [0.1, 0.15) is 115 Å². The van der Waals surface area contributed by atoms with Crippen molar-refractivity contribution in [3.05, 3.63) is 5.82 Å². The Morgan fingerprint density at radius 1 is 0.825 bits per heavy atom. The van der Waals surface area contributed by atoms with Crippen molar-refractivity contribution in [1.82, 2.24) is 31.3 Å². The first-order valence-electron chi connectivity index (χ1n) is 14.6. The maximum Gasteiger partial charge on any atom is 0.320 e. The SMILES string of the molecule is O=C(CCCCCCCCCCCCCCCc1nn[nH]n1)NCCCC[C@H](NC1SSC2(SS1)SS2)C(=O)O. The molecule has 1 aromatic rings. The molecule has 0 bridgehead atoms. The molecule has 3 rings (SSSR count). The zero-order valence-corrected chi connectivity index (χ0v) is 28.0. The van der Waals surface area contributed by atoms with E-state index in [-0.39, 0.29) is 13.4 Å². The average molecular weight is 669 g/mol. The third kappa shape index (κ3) is 15.5. The summed E-state index contributed by atoms with van der Waals surface area (Å²) in [7, 11) is 10.8. The van der Waals surface area contributed by atoms with Crippen LogP contribution in [0.25, 0.3) is 0 Å². The molecule has 2 aliphatic heterocycles. The number of carbonyl (C=O) groups is 2. The monoisotopic (exact) mass is 668 g/mol. The van der Waals surface area contributed by atoms with Crippen LogP contribution in [-0.4, -0.2) is 57.6 Å². The number of amides is 1. The highest BCUT2D eigenvalue weighted by atomic mass is 33.2. The number of nitrogens with zero attached hydrogens (tertiary/aromatic N) is 3. The summed E-state index contributed by atoms with van der Waals surface area (Å²) in [6.07, 6.45) is 19.9. The summed E-state index contributed by atoms with van der Waals surface area (Å²) >= 11 is 0. The highest BCUT2D eigenvalue weighted by Gasteiger charge is 2.52. The van der Waals surface area contributed by atoms with E-state index in [2.05, 4.69) is 31.3 Å². The van der Waals surface area contributed by atoms with Gasteiger partial charge in [-0.2, -0.15) is 5.21 Å². The summed E-state index contributed by atoms with van der Waals surface area (Å²) in [6.45, 7) is 0.626. The summed E-state index contributed by atoms with van der Waals surface area (Å²) in [5, 5.41) is 29.9. The second-order valence-electron chi connectivity index (χ2n) is 10.2. The normalized spacial score (nSPS) is 17.2. The third-order valence-corrected chi connectivity index (χ3v) is 20.1. The summed E-state index contributed by atoms with van der Waals surface area (Å²) in [5.41, 5.74) is 0. The number of aliphatic carboxylic acids is 1. The van der Waals surface area contributed by atoms with Crippen LogP contribution >= 0.6 is 64.8 Å². The number of hydrogen-bond donors (Lipinski definition) is 4. The lowest BCUT2D eigenvalue weighted by Crippen LogP contribution is -2.40. The van der Waals surface area contributed by atoms with Crippen LogP contribution in [-0.2, 0) is 16.0 Å². The first-order valence-corrected chi connectivity index (χ1v) is 21.2. The van der Waals surface area contributed by atoms with Gasteiger partial charge in [0.2, 0.25) is 5.91 Å². The Morgan fingerprint density at radius 3 is 1.98 bits per heavy atom. The molecule has 1 aromatic heterocycles. The Hall–Kier alpha value is 0.0700. The largest absolute Gasteiger partial charge is 0.480 e. The second kappa shape index (κ2) is 20.9. The van der Waals surface area contributed by atoms with Gasteiger partial charge in [-0.25, -0.2) is 0 Å². The van der Waals surface area contributed by atoms with E-state index in [1.165, 1.54) is 64.2 Å². The van der Waals surface area contributed by atoms with Gasteiger partial charge in [0.05, 0.1) is 0 Å². The van der Waals surface area contributed by atoms with Crippen molar-refractivity contribution in [3.8, 4) is 0 Å². The molecule has 15 heteroatoms. The minimum Gasteiger partial charge on any atom is -0.480 e. The highest BCUT2D eigenvalue weighted by Crippen LogP contribution is 2.83. The highest BCUT2D eigenvalue weighted by molar-refractivity contribution is 9.14. The van der Waals surface area contributed by atoms with Crippen molar-refractivity contribution in [2.75, 3.05) is 6.54 Å². The van der Waals surface area contributed by atoms with Crippen molar-refractivity contribution in [1.29, 1.82) is 0 Å². The van der Waals surface area contributed by atoms with Gasteiger partial charge in [0, 0.05) is 19.4 Å². The van der Waals surface area contributed by atoms with Gasteiger partial charge in [0.25, 0.3) is 0 Å². The van der Waals surface area contributed by atoms with Crippen molar-refractivity contribution in [2.24, 2.45) is 0 Å². The number of carboxylic acids is 1. The Balaban J connectivity index is 1.03. The standard InChI is InChI=1S/C25H44N6O3S6/c32-22(26-19-15-14-16-20(23(33)34)27-24-35-37-25(38-36-24)39-40-25)18-13-11-9-7-5-3-1-2-4-6-8-10-12-17-21-28-30-31-29-21/h20,24,27H,1-19H2,(H,26,32)(H,33,34)(H,28,29,30,31)/t20-/m0/s1. The van der Waals surface area contributed by atoms with Crippen LogP contribution in [0, 0.1) is 0 Å². The summed E-state index contributed by atoms with van der Waals surface area (Å²) in [5.74, 6) is 0.149. The van der Waals surface area contributed by atoms with Crippen molar-refractivity contribution < 1.29 is 14.7 Å². The maximum atomic E-state index is 12.1. The molecule has 4 N–H and O–H groups in total. The fourth-order valence-electron chi connectivity index (χ4n) is 4.41. The molecule has 2 fully saturated rings. The van der Waals surface area contributed by atoms with Gasteiger partial charge in [-0.3, -0.25) is 14.9 Å². The number of nitrogens with one attached hydrogen (secondary N) is 3. The number of hydrogen-bond acceptors (Lipinski definition) is 12. The van der Waals surface area contributed by atoms with Gasteiger partial charge < -0.3 is 10.4 Å². The van der Waals surface area contributed by atoms with E-state index in [9.17, 15) is 14.7 Å². The number of aromatic amines is 1. The lowest BCUT2D eigenvalue weighted by Gasteiger charge is -2.27. The van der Waals surface area contributed by atoms with Crippen LogP contribution in [0.5, 0.6) is 0 Å². The number of aromatic nitrogens is 4. The van der Waals surface area contributed by atoms with Gasteiger partial charge in [0.1, 0.15) is 10.7 Å². The van der Waals surface area contributed by atoms with E-state index in [1.54, 1.807) is 21.6 Å². The molecule has 0 saturated carbocycles. The van der Waals surface area contributed by atoms with Crippen LogP contribution in [0.3, 0.4) is 0 Å². The maximum absolute atomic E-state index is 12.1. The van der Waals surface area contributed by atoms with E-state index in [0.29, 0.717) is 19.4 Å². The van der Waals surface area contributed by atoms with E-state index in [0.717, 1.165) is 44.3 Å². The first-order chi connectivity index (χ1) is 19.6. The fourth-order valence-corrected chi connectivity index (χ4v) is 17.4. The predicted molar refractivity (Wildman–Crippen MR) is 176 cm³/mol. The molecule has 1 atom stereocenters. The Kier molecular flexibility index (Phi) is 18.0. The van der Waals surface area contributed by atoms with Crippen LogP contribution in [0.4, 0.5) is 0 Å². The predicted octanol–water partition coefficient (Wildman–Crippen LogP) is 7.60. The topological polar surface area (TPSA) is 133 Å². The number of tetrazole rings is 1. The molecule has 3 heterocycles. The molecule has 228 valence electrons. The molecule has 9 nitrogen and oxygen atoms in total. The minimum absolute atomic E-state index is 0.0874. The number of carboxylic acid groups (broad SMARTS) is 1. The molecule has 2 saturated heterocycles. The minimum atomic E-state index is -0.795. The van der Waals surface area contributed by atoms with E-state index < -0.39 is 12.0 Å². The first kappa shape index (κ1) is 34.6. The second-order valence-corrected chi connectivity index (χ2v) is 19.6. The molecule has 1 spiro atoms.